The van der Waals surface area contributed by atoms with Crippen molar-refractivity contribution < 1.29 is 9.18 Å². The average Bonchev–Trinajstić information content (AvgIpc) is 2.76. The van der Waals surface area contributed by atoms with Crippen molar-refractivity contribution in [1.82, 2.24) is 14.9 Å². The number of likely N-dealkylation sites (tertiary alicyclic amines) is 1. The maximum absolute atomic E-state index is 13.9. The number of benzene rings is 2. The molecule has 1 atom stereocenters. The second-order valence-electron chi connectivity index (χ2n) is 7.23. The van der Waals surface area contributed by atoms with Crippen LogP contribution < -0.4 is 0 Å². The summed E-state index contributed by atoms with van der Waals surface area (Å²) < 4.78 is 13.9. The van der Waals surface area contributed by atoms with E-state index in [2.05, 4.69) is 4.98 Å². The second kappa shape index (κ2) is 7.89. The predicted molar refractivity (Wildman–Crippen MR) is 106 cm³/mol. The van der Waals surface area contributed by atoms with Crippen LogP contribution in [0.15, 0.2) is 60.8 Å². The fourth-order valence-corrected chi connectivity index (χ4v) is 3.64. The lowest BCUT2D eigenvalue weighted by Crippen LogP contribution is -2.39. The van der Waals surface area contributed by atoms with E-state index in [9.17, 15) is 9.18 Å². The summed E-state index contributed by atoms with van der Waals surface area (Å²) in [6.07, 6.45) is 3.65. The molecule has 0 aliphatic carbocycles. The first-order chi connectivity index (χ1) is 13.6. The molecule has 5 heteroatoms. The van der Waals surface area contributed by atoms with Gasteiger partial charge in [-0.3, -0.25) is 4.79 Å². The first-order valence-corrected chi connectivity index (χ1v) is 9.55. The van der Waals surface area contributed by atoms with Crippen molar-refractivity contribution in [2.24, 2.45) is 0 Å². The fraction of sp³-hybridized carbons (Fsp3) is 0.261. The molecule has 1 amide bonds. The fourth-order valence-electron chi connectivity index (χ4n) is 3.64. The summed E-state index contributed by atoms with van der Waals surface area (Å²) in [5.41, 5.74) is 2.86. The van der Waals surface area contributed by atoms with E-state index in [4.69, 9.17) is 4.98 Å². The van der Waals surface area contributed by atoms with Crippen LogP contribution in [0.5, 0.6) is 0 Å². The summed E-state index contributed by atoms with van der Waals surface area (Å²) in [6.45, 7) is 2.96. The van der Waals surface area contributed by atoms with Crippen molar-refractivity contribution in [2.75, 3.05) is 13.1 Å². The van der Waals surface area contributed by atoms with Gasteiger partial charge in [0.25, 0.3) is 5.91 Å². The van der Waals surface area contributed by atoms with Gasteiger partial charge in [-0.15, -0.1) is 0 Å². The Labute approximate surface area is 164 Å². The Bertz CT molecular complexity index is 990. The number of nitrogens with zero attached hydrogens (tertiary/aromatic N) is 3. The standard InChI is InChI=1S/C23H22FN3O/c1-16-9-10-18(14-20(16)24)23(28)27-13-5-8-19(15-27)21-11-12-25-22(26-21)17-6-3-2-4-7-17/h2-4,6-7,9-12,14,19H,5,8,13,15H2,1H3/t19-/m1/s1. The molecule has 1 aromatic heterocycles. The molecule has 1 fully saturated rings. The van der Waals surface area contributed by atoms with Gasteiger partial charge in [0, 0.05) is 42.0 Å². The summed E-state index contributed by atoms with van der Waals surface area (Å²) in [4.78, 5) is 23.8. The lowest BCUT2D eigenvalue weighted by molar-refractivity contribution is 0.0705. The van der Waals surface area contributed by atoms with Crippen molar-refractivity contribution in [1.29, 1.82) is 0 Å². The van der Waals surface area contributed by atoms with E-state index in [0.717, 1.165) is 24.1 Å². The van der Waals surface area contributed by atoms with Crippen molar-refractivity contribution in [3.8, 4) is 11.4 Å². The molecule has 4 nitrogen and oxygen atoms in total. The molecule has 4 rings (SSSR count). The number of carbonyl (C=O) groups excluding carboxylic acids is 1. The van der Waals surface area contributed by atoms with E-state index in [1.54, 1.807) is 25.3 Å². The quantitative estimate of drug-likeness (QED) is 0.671. The Morgan fingerprint density at radius 2 is 1.96 bits per heavy atom. The third-order valence-electron chi connectivity index (χ3n) is 5.25. The monoisotopic (exact) mass is 375 g/mol. The lowest BCUT2D eigenvalue weighted by Gasteiger charge is -2.32. The van der Waals surface area contributed by atoms with Gasteiger partial charge in [-0.25, -0.2) is 14.4 Å². The highest BCUT2D eigenvalue weighted by Gasteiger charge is 2.27. The molecule has 0 spiro atoms. The summed E-state index contributed by atoms with van der Waals surface area (Å²) in [5, 5.41) is 0. The van der Waals surface area contributed by atoms with E-state index in [1.807, 2.05) is 41.3 Å². The molecule has 0 N–H and O–H groups in total. The van der Waals surface area contributed by atoms with Crippen LogP contribution in [0.3, 0.4) is 0 Å². The van der Waals surface area contributed by atoms with Gasteiger partial charge in [0.1, 0.15) is 5.82 Å². The zero-order valence-corrected chi connectivity index (χ0v) is 15.8. The van der Waals surface area contributed by atoms with E-state index >= 15 is 0 Å². The third kappa shape index (κ3) is 3.79. The second-order valence-corrected chi connectivity index (χ2v) is 7.23. The van der Waals surface area contributed by atoms with Gasteiger partial charge in [0.05, 0.1) is 0 Å². The normalized spacial score (nSPS) is 16.8. The number of carbonyl (C=O) groups is 1. The van der Waals surface area contributed by atoms with Crippen molar-refractivity contribution in [2.45, 2.75) is 25.7 Å². The summed E-state index contributed by atoms with van der Waals surface area (Å²) in [5.74, 6) is 0.379. The molecule has 0 radical (unpaired) electrons. The third-order valence-corrected chi connectivity index (χ3v) is 5.25. The topological polar surface area (TPSA) is 46.1 Å². The number of hydrogen-bond acceptors (Lipinski definition) is 3. The van der Waals surface area contributed by atoms with Crippen LogP contribution in [0.1, 0.15) is 40.4 Å². The van der Waals surface area contributed by atoms with Crippen LogP contribution in [-0.2, 0) is 0 Å². The predicted octanol–water partition coefficient (Wildman–Crippen LogP) is 4.61. The van der Waals surface area contributed by atoms with Gasteiger partial charge in [0.2, 0.25) is 0 Å². The molecule has 142 valence electrons. The SMILES string of the molecule is Cc1ccc(C(=O)N2CCC[C@@H](c3ccnc(-c4ccccc4)n3)C2)cc1F. The van der Waals surface area contributed by atoms with Crippen molar-refractivity contribution in [3.63, 3.8) is 0 Å². The van der Waals surface area contributed by atoms with Crippen molar-refractivity contribution in [3.05, 3.63) is 83.4 Å². The Morgan fingerprint density at radius 1 is 1.14 bits per heavy atom. The highest BCUT2D eigenvalue weighted by molar-refractivity contribution is 5.94. The molecule has 0 saturated carbocycles. The van der Waals surface area contributed by atoms with E-state index in [-0.39, 0.29) is 17.6 Å². The Kier molecular flexibility index (Phi) is 5.15. The Morgan fingerprint density at radius 3 is 2.75 bits per heavy atom. The molecule has 1 aliphatic heterocycles. The Hall–Kier alpha value is -3.08. The number of aromatic nitrogens is 2. The van der Waals surface area contributed by atoms with E-state index in [0.29, 0.717) is 30.0 Å². The van der Waals surface area contributed by atoms with Gasteiger partial charge in [-0.05, 0) is 43.5 Å². The van der Waals surface area contributed by atoms with E-state index < -0.39 is 0 Å². The largest absolute Gasteiger partial charge is 0.338 e. The van der Waals surface area contributed by atoms with Gasteiger partial charge < -0.3 is 4.90 Å². The highest BCUT2D eigenvalue weighted by atomic mass is 19.1. The summed E-state index contributed by atoms with van der Waals surface area (Å²) >= 11 is 0. The van der Waals surface area contributed by atoms with Crippen LogP contribution in [0, 0.1) is 12.7 Å². The maximum Gasteiger partial charge on any atom is 0.253 e. The van der Waals surface area contributed by atoms with Gasteiger partial charge in [-0.2, -0.15) is 0 Å². The minimum atomic E-state index is -0.345. The van der Waals surface area contributed by atoms with Crippen LogP contribution in [-0.4, -0.2) is 33.9 Å². The molecule has 1 saturated heterocycles. The summed E-state index contributed by atoms with van der Waals surface area (Å²) in [7, 11) is 0. The molecule has 2 aromatic carbocycles. The van der Waals surface area contributed by atoms with Crippen LogP contribution >= 0.6 is 0 Å². The van der Waals surface area contributed by atoms with E-state index in [1.165, 1.54) is 6.07 Å². The van der Waals surface area contributed by atoms with Crippen LogP contribution in [0.25, 0.3) is 11.4 Å². The first-order valence-electron chi connectivity index (χ1n) is 9.55. The summed E-state index contributed by atoms with van der Waals surface area (Å²) in [6, 6.07) is 16.5. The lowest BCUT2D eigenvalue weighted by atomic mass is 9.94. The van der Waals surface area contributed by atoms with Crippen LogP contribution in [0.2, 0.25) is 0 Å². The van der Waals surface area contributed by atoms with Gasteiger partial charge in [0.15, 0.2) is 5.82 Å². The zero-order chi connectivity index (χ0) is 19.5. The van der Waals surface area contributed by atoms with Gasteiger partial charge >= 0.3 is 0 Å². The smallest absolute Gasteiger partial charge is 0.253 e. The van der Waals surface area contributed by atoms with Crippen LogP contribution in [0.4, 0.5) is 4.39 Å². The zero-order valence-electron chi connectivity index (χ0n) is 15.8. The molecule has 28 heavy (non-hydrogen) atoms. The molecule has 0 bridgehead atoms. The number of halogens is 1. The molecule has 0 unspecified atom stereocenters. The van der Waals surface area contributed by atoms with Crippen molar-refractivity contribution >= 4 is 5.91 Å². The number of rotatable bonds is 3. The molecular formula is C23H22FN3O. The first kappa shape index (κ1) is 18.3. The van der Waals surface area contributed by atoms with Gasteiger partial charge in [-0.1, -0.05) is 36.4 Å². The molecule has 2 heterocycles. The highest BCUT2D eigenvalue weighted by Crippen LogP contribution is 2.28. The maximum atomic E-state index is 13.9. The number of aryl methyl sites for hydroxylation is 1. The molecular weight excluding hydrogens is 353 g/mol. The number of amides is 1. The Balaban J connectivity index is 1.54. The number of hydrogen-bond donors (Lipinski definition) is 0. The minimum Gasteiger partial charge on any atom is -0.338 e. The molecule has 3 aromatic rings. The minimum absolute atomic E-state index is 0.124. The number of piperidine rings is 1. The average molecular weight is 375 g/mol. The molecule has 1 aliphatic rings.